The van der Waals surface area contributed by atoms with Crippen LogP contribution in [0.15, 0.2) is 18.6 Å². The van der Waals surface area contributed by atoms with Gasteiger partial charge in [-0.2, -0.15) is 10.2 Å². The van der Waals surface area contributed by atoms with E-state index in [1.165, 1.54) is 24.8 Å². The van der Waals surface area contributed by atoms with Crippen molar-refractivity contribution in [1.82, 2.24) is 30.6 Å². The quantitative estimate of drug-likeness (QED) is 0.781. The second-order valence-corrected chi connectivity index (χ2v) is 7.01. The van der Waals surface area contributed by atoms with E-state index in [0.717, 1.165) is 43.0 Å². The summed E-state index contributed by atoms with van der Waals surface area (Å²) >= 11 is 0. The van der Waals surface area contributed by atoms with E-state index in [-0.39, 0.29) is 12.1 Å². The fraction of sp³-hybridized carbons (Fsp3) is 0.588. The van der Waals surface area contributed by atoms with Crippen molar-refractivity contribution in [1.29, 1.82) is 0 Å². The summed E-state index contributed by atoms with van der Waals surface area (Å²) in [5, 5.41) is 17.4. The molecule has 2 aromatic rings. The number of fused-ring (bicyclic) bond motifs is 1. The van der Waals surface area contributed by atoms with Gasteiger partial charge in [0.05, 0.1) is 12.4 Å². The minimum Gasteiger partial charge on any atom is -0.335 e. The molecule has 3 N–H and O–H groups in total. The molecule has 0 radical (unpaired) electrons. The Morgan fingerprint density at radius 1 is 1.33 bits per heavy atom. The largest absolute Gasteiger partial charge is 0.335 e. The number of aromatic nitrogens is 4. The van der Waals surface area contributed by atoms with Gasteiger partial charge in [-0.1, -0.05) is 6.42 Å². The van der Waals surface area contributed by atoms with Crippen LogP contribution in [0.1, 0.15) is 42.5 Å². The lowest BCUT2D eigenvalue weighted by molar-refractivity contribution is 0.235. The highest BCUT2D eigenvalue weighted by Crippen LogP contribution is 2.27. The third-order valence-electron chi connectivity index (χ3n) is 5.17. The molecular weight excluding hydrogens is 304 g/mol. The lowest BCUT2D eigenvalue weighted by Crippen LogP contribution is -2.44. The second kappa shape index (κ2) is 6.67. The van der Waals surface area contributed by atoms with Gasteiger partial charge in [-0.3, -0.25) is 9.78 Å². The average Bonchev–Trinajstić information content (AvgIpc) is 3.17. The van der Waals surface area contributed by atoms with Gasteiger partial charge in [-0.25, -0.2) is 4.79 Å². The molecule has 2 aromatic heterocycles. The highest BCUT2D eigenvalue weighted by Gasteiger charge is 2.21. The molecule has 2 aliphatic rings. The number of H-pyrrole nitrogens is 1. The van der Waals surface area contributed by atoms with Crippen LogP contribution in [0.25, 0.3) is 0 Å². The first-order chi connectivity index (χ1) is 11.8. The number of aromatic amines is 1. The Bertz CT molecular complexity index is 702. The molecule has 2 heterocycles. The highest BCUT2D eigenvalue weighted by molar-refractivity contribution is 5.74. The summed E-state index contributed by atoms with van der Waals surface area (Å²) in [5.74, 6) is 0.785. The zero-order valence-electron chi connectivity index (χ0n) is 13.8. The van der Waals surface area contributed by atoms with Crippen molar-refractivity contribution < 1.29 is 4.79 Å². The number of rotatable bonds is 5. The molecule has 0 bridgehead atoms. The lowest BCUT2D eigenvalue weighted by atomic mass is 9.85. The van der Waals surface area contributed by atoms with Gasteiger partial charge in [-0.15, -0.1) is 0 Å². The van der Waals surface area contributed by atoms with E-state index in [4.69, 9.17) is 0 Å². The van der Waals surface area contributed by atoms with Crippen molar-refractivity contribution in [3.8, 4) is 0 Å². The molecule has 1 saturated carbocycles. The molecule has 128 valence electrons. The van der Waals surface area contributed by atoms with Crippen LogP contribution in [0, 0.1) is 5.92 Å². The van der Waals surface area contributed by atoms with Crippen LogP contribution < -0.4 is 10.6 Å². The highest BCUT2D eigenvalue weighted by atomic mass is 16.2. The number of urea groups is 1. The summed E-state index contributed by atoms with van der Waals surface area (Å²) in [4.78, 5) is 12.1. The number of nitrogens with zero attached hydrogens (tertiary/aromatic N) is 3. The molecular formula is C17H24N6O. The van der Waals surface area contributed by atoms with Crippen LogP contribution in [0.2, 0.25) is 0 Å². The summed E-state index contributed by atoms with van der Waals surface area (Å²) < 4.78 is 2.00. The van der Waals surface area contributed by atoms with Gasteiger partial charge in [0, 0.05) is 43.0 Å². The predicted molar refractivity (Wildman–Crippen MR) is 89.3 cm³/mol. The fourth-order valence-corrected chi connectivity index (χ4v) is 3.49. The van der Waals surface area contributed by atoms with Gasteiger partial charge < -0.3 is 10.6 Å². The molecule has 1 atom stereocenters. The third-order valence-corrected chi connectivity index (χ3v) is 5.17. The van der Waals surface area contributed by atoms with Gasteiger partial charge in [0.15, 0.2) is 0 Å². The monoisotopic (exact) mass is 328 g/mol. The van der Waals surface area contributed by atoms with Crippen LogP contribution in [0.3, 0.4) is 0 Å². The van der Waals surface area contributed by atoms with Gasteiger partial charge >= 0.3 is 6.03 Å². The molecule has 2 aliphatic carbocycles. The fourth-order valence-electron chi connectivity index (χ4n) is 3.49. The lowest BCUT2D eigenvalue weighted by Gasteiger charge is -2.24. The predicted octanol–water partition coefficient (Wildman–Crippen LogP) is 1.76. The normalized spacial score (nSPS) is 20.2. The number of nitrogens with one attached hydrogen (secondary N) is 3. The van der Waals surface area contributed by atoms with Gasteiger partial charge in [-0.05, 0) is 37.2 Å². The molecule has 1 fully saturated rings. The van der Waals surface area contributed by atoms with Crippen LogP contribution in [0.5, 0.6) is 0 Å². The van der Waals surface area contributed by atoms with E-state index >= 15 is 0 Å². The SMILES string of the molecule is O=C(NCc1cnn(CC2CCC2)c1)NC1CCc2cn[nH]c2C1. The summed E-state index contributed by atoms with van der Waals surface area (Å²) in [7, 11) is 0. The minimum absolute atomic E-state index is 0.116. The number of carbonyl (C=O) groups excluding carboxylic acids is 1. The number of carbonyl (C=O) groups is 1. The van der Waals surface area contributed by atoms with Crippen LogP contribution in [-0.4, -0.2) is 32.1 Å². The van der Waals surface area contributed by atoms with E-state index in [0.29, 0.717) is 6.54 Å². The summed E-state index contributed by atoms with van der Waals surface area (Å²) in [6, 6.07) is 0.0500. The molecule has 0 aliphatic heterocycles. The molecule has 0 aromatic carbocycles. The van der Waals surface area contributed by atoms with Gasteiger partial charge in [0.25, 0.3) is 0 Å². The Morgan fingerprint density at radius 3 is 3.08 bits per heavy atom. The number of hydrogen-bond donors (Lipinski definition) is 3. The topological polar surface area (TPSA) is 87.6 Å². The first-order valence-electron chi connectivity index (χ1n) is 8.83. The van der Waals surface area contributed by atoms with Crippen molar-refractivity contribution >= 4 is 6.03 Å². The molecule has 7 nitrogen and oxygen atoms in total. The maximum absolute atomic E-state index is 12.1. The number of hydrogen-bond acceptors (Lipinski definition) is 3. The molecule has 1 unspecified atom stereocenters. The van der Waals surface area contributed by atoms with Crippen LogP contribution in [0.4, 0.5) is 4.79 Å². The van der Waals surface area contributed by atoms with Crippen LogP contribution >= 0.6 is 0 Å². The van der Waals surface area contributed by atoms with E-state index in [1.54, 1.807) is 0 Å². The number of aryl methyl sites for hydroxylation is 1. The molecule has 7 heteroatoms. The molecule has 2 amide bonds. The second-order valence-electron chi connectivity index (χ2n) is 7.01. The van der Waals surface area contributed by atoms with Crippen LogP contribution in [-0.2, 0) is 25.9 Å². The number of amides is 2. The van der Waals surface area contributed by atoms with Crippen molar-refractivity contribution in [2.75, 3.05) is 0 Å². The Labute approximate surface area is 141 Å². The van der Waals surface area contributed by atoms with Gasteiger partial charge in [0.1, 0.15) is 0 Å². The summed E-state index contributed by atoms with van der Waals surface area (Å²) in [6.07, 6.45) is 12.5. The summed E-state index contributed by atoms with van der Waals surface area (Å²) in [5.41, 5.74) is 3.46. The first kappa shape index (κ1) is 15.2. The Hall–Kier alpha value is -2.31. The molecule has 4 rings (SSSR count). The molecule has 24 heavy (non-hydrogen) atoms. The third kappa shape index (κ3) is 3.44. The van der Waals surface area contributed by atoms with E-state index in [1.807, 2.05) is 23.3 Å². The van der Waals surface area contributed by atoms with Crippen molar-refractivity contribution in [2.45, 2.75) is 57.7 Å². The Morgan fingerprint density at radius 2 is 2.25 bits per heavy atom. The standard InChI is InChI=1S/C17H24N6O/c24-17(21-15-5-4-14-9-19-22-16(14)6-15)18-7-13-8-20-23(11-13)10-12-2-1-3-12/h8-9,11-12,15H,1-7,10H2,(H,19,22)(H2,18,21,24). The summed E-state index contributed by atoms with van der Waals surface area (Å²) in [6.45, 7) is 1.51. The first-order valence-corrected chi connectivity index (χ1v) is 8.83. The Kier molecular flexibility index (Phi) is 4.23. The minimum atomic E-state index is -0.116. The zero-order chi connectivity index (χ0) is 16.4. The smallest absolute Gasteiger partial charge is 0.315 e. The van der Waals surface area contributed by atoms with E-state index in [2.05, 4.69) is 25.9 Å². The average molecular weight is 328 g/mol. The van der Waals surface area contributed by atoms with Crippen molar-refractivity contribution in [3.63, 3.8) is 0 Å². The van der Waals surface area contributed by atoms with Gasteiger partial charge in [0.2, 0.25) is 0 Å². The maximum atomic E-state index is 12.1. The van der Waals surface area contributed by atoms with E-state index in [9.17, 15) is 4.79 Å². The maximum Gasteiger partial charge on any atom is 0.315 e. The van der Waals surface area contributed by atoms with Crippen molar-refractivity contribution in [3.05, 3.63) is 35.4 Å². The molecule has 0 spiro atoms. The zero-order valence-corrected chi connectivity index (χ0v) is 13.8. The van der Waals surface area contributed by atoms with Crippen molar-refractivity contribution in [2.24, 2.45) is 5.92 Å². The van der Waals surface area contributed by atoms with E-state index < -0.39 is 0 Å². The molecule has 0 saturated heterocycles. The Balaban J connectivity index is 1.22.